The highest BCUT2D eigenvalue weighted by Crippen LogP contribution is 2.42. The van der Waals surface area contributed by atoms with Crippen molar-refractivity contribution < 1.29 is 20.6 Å². The zero-order valence-electron chi connectivity index (χ0n) is 44.4. The van der Waals surface area contributed by atoms with Crippen LogP contribution in [0, 0.1) is 0 Å². The molecule has 1 fully saturated rings. The first-order valence-corrected chi connectivity index (χ1v) is 18.2. The van der Waals surface area contributed by atoms with Crippen molar-refractivity contribution in [3.05, 3.63) is 163 Å². The van der Waals surface area contributed by atoms with Crippen molar-refractivity contribution in [3.63, 3.8) is 0 Å². The molecular weight excluding hydrogens is 683 g/mol. The molecule has 0 amide bonds. The van der Waals surface area contributed by atoms with Gasteiger partial charge in [-0.1, -0.05) is 140 Å². The van der Waals surface area contributed by atoms with Crippen LogP contribution in [0.3, 0.4) is 0 Å². The second-order valence-corrected chi connectivity index (χ2v) is 13.7. The molecule has 0 bridgehead atoms. The first kappa shape index (κ1) is 20.2. The number of aromatic nitrogens is 5. The summed E-state index contributed by atoms with van der Waals surface area (Å²) < 4.78 is 138. The Morgan fingerprint density at radius 2 is 1.14 bits per heavy atom. The lowest BCUT2D eigenvalue weighted by molar-refractivity contribution is 0.443. The number of nitrogens with zero attached hydrogens (tertiary/aromatic N) is 5. The van der Waals surface area contributed by atoms with Crippen molar-refractivity contribution in [1.29, 1.82) is 0 Å². The summed E-state index contributed by atoms with van der Waals surface area (Å²) in [5.74, 6) is -4.42. The van der Waals surface area contributed by atoms with Gasteiger partial charge in [0.2, 0.25) is 5.95 Å². The van der Waals surface area contributed by atoms with Crippen LogP contribution in [0.4, 0.5) is 0 Å². The molecule has 266 valence electrons. The van der Waals surface area contributed by atoms with Gasteiger partial charge in [0.25, 0.3) is 0 Å². The van der Waals surface area contributed by atoms with Gasteiger partial charge in [0.1, 0.15) is 0 Å². The average Bonchev–Trinajstić information content (AvgIpc) is 4.00. The monoisotopic (exact) mass is 734 g/mol. The molecular formula is C51H37N5. The third-order valence-electron chi connectivity index (χ3n) is 10.7. The van der Waals surface area contributed by atoms with Crippen molar-refractivity contribution in [2.45, 2.75) is 37.8 Å². The van der Waals surface area contributed by atoms with Gasteiger partial charge in [-0.3, -0.25) is 4.57 Å². The lowest BCUT2D eigenvalue weighted by atomic mass is 9.83. The van der Waals surface area contributed by atoms with E-state index >= 15 is 0 Å². The van der Waals surface area contributed by atoms with E-state index in [1.807, 2.05) is 84.9 Å². The molecule has 4 heterocycles. The SMILES string of the molecule is [2H]c1c([2H])c(-c2nc(-c3ccccc3-c3ccc4c(c3)c3cccc5c6ccccc6n4c53)nc(-n3c4ccccc4c4ccccc43)n2)c([2H])c(C2([2H])C([2H])([2H])C([2H])([2H])C([2H])([2H])C([2H])([2H])C2([2H])[2H])c1[2H]. The van der Waals surface area contributed by atoms with Crippen molar-refractivity contribution in [3.8, 4) is 39.9 Å². The van der Waals surface area contributed by atoms with Crippen LogP contribution < -0.4 is 0 Å². The topological polar surface area (TPSA) is 48.0 Å². The first-order chi connectivity index (χ1) is 33.6. The van der Waals surface area contributed by atoms with Crippen LogP contribution in [-0.4, -0.2) is 23.9 Å². The fourth-order valence-electron chi connectivity index (χ4n) is 8.32. The summed E-state index contributed by atoms with van der Waals surface area (Å²) in [6, 6.07) is 38.7. The highest BCUT2D eigenvalue weighted by atomic mass is 15.2. The predicted molar refractivity (Wildman–Crippen MR) is 231 cm³/mol. The molecule has 5 heteroatoms. The van der Waals surface area contributed by atoms with Gasteiger partial charge in [-0.15, -0.1) is 0 Å². The lowest BCUT2D eigenvalue weighted by Crippen LogP contribution is -2.07. The maximum Gasteiger partial charge on any atom is 0.238 e. The van der Waals surface area contributed by atoms with Gasteiger partial charge in [0, 0.05) is 58.5 Å². The van der Waals surface area contributed by atoms with Gasteiger partial charge in [-0.2, -0.15) is 9.97 Å². The zero-order chi connectivity index (χ0) is 50.1. The molecule has 0 unspecified atom stereocenters. The second kappa shape index (κ2) is 12.3. The van der Waals surface area contributed by atoms with Gasteiger partial charge in [0.15, 0.2) is 11.6 Å². The molecule has 5 nitrogen and oxygen atoms in total. The smallest absolute Gasteiger partial charge is 0.238 e. The Balaban J connectivity index is 1.14. The molecule has 0 atom stereocenters. The Labute approximate surface area is 345 Å². The summed E-state index contributed by atoms with van der Waals surface area (Å²) in [6.45, 7) is 0. The van der Waals surface area contributed by atoms with Crippen LogP contribution >= 0.6 is 0 Å². The Kier molecular flexibility index (Phi) is 4.44. The second-order valence-electron chi connectivity index (χ2n) is 13.7. The molecule has 1 saturated carbocycles. The van der Waals surface area contributed by atoms with Gasteiger partial charge < -0.3 is 4.40 Å². The molecule has 4 aromatic heterocycles. The Morgan fingerprint density at radius 3 is 1.91 bits per heavy atom. The van der Waals surface area contributed by atoms with Gasteiger partial charge in [0.05, 0.1) is 33.1 Å². The summed E-state index contributed by atoms with van der Waals surface area (Å²) in [4.78, 5) is 14.8. The van der Waals surface area contributed by atoms with E-state index in [-0.39, 0.29) is 11.8 Å². The quantitative estimate of drug-likeness (QED) is 0.177. The number of fused-ring (bicyclic) bond motifs is 9. The summed E-state index contributed by atoms with van der Waals surface area (Å²) in [5.41, 5.74) is 4.43. The highest BCUT2D eigenvalue weighted by molar-refractivity contribution is 6.23. The molecule has 0 spiro atoms. The largest absolute Gasteiger partial charge is 0.308 e. The van der Waals surface area contributed by atoms with E-state index in [9.17, 15) is 4.11 Å². The van der Waals surface area contributed by atoms with Crippen molar-refractivity contribution in [2.24, 2.45) is 0 Å². The van der Waals surface area contributed by atoms with Crippen molar-refractivity contribution >= 4 is 59.9 Å². The Hall–Kier alpha value is -6.85. The van der Waals surface area contributed by atoms with Crippen molar-refractivity contribution in [2.75, 3.05) is 0 Å². The Bertz CT molecular complexity index is 4000. The van der Waals surface area contributed by atoms with Crippen LogP contribution in [0.5, 0.6) is 0 Å². The molecule has 0 aliphatic heterocycles. The zero-order valence-corrected chi connectivity index (χ0v) is 29.4. The van der Waals surface area contributed by atoms with Gasteiger partial charge >= 0.3 is 0 Å². The van der Waals surface area contributed by atoms with Gasteiger partial charge in [-0.05, 0) is 71.7 Å². The third-order valence-corrected chi connectivity index (χ3v) is 10.7. The summed E-state index contributed by atoms with van der Waals surface area (Å²) in [6.07, 6.45) is -19.8. The number of rotatable bonds is 5. The first-order valence-electron chi connectivity index (χ1n) is 25.7. The normalized spacial score (nSPS) is 23.0. The summed E-state index contributed by atoms with van der Waals surface area (Å²) in [7, 11) is 0. The maximum atomic E-state index is 9.68. The van der Waals surface area contributed by atoms with Crippen molar-refractivity contribution in [1.82, 2.24) is 23.9 Å². The minimum absolute atomic E-state index is 0.00826. The fraction of sp³-hybridized carbons (Fsp3) is 0.118. The van der Waals surface area contributed by atoms with Crippen LogP contribution in [-0.2, 0) is 0 Å². The Morgan fingerprint density at radius 1 is 0.536 bits per heavy atom. The number of para-hydroxylation sites is 4. The van der Waals surface area contributed by atoms with Crippen LogP contribution in [0.25, 0.3) is 99.8 Å². The van der Waals surface area contributed by atoms with Gasteiger partial charge in [-0.25, -0.2) is 4.98 Å². The number of hydrogen-bond acceptors (Lipinski definition) is 3. The molecule has 56 heavy (non-hydrogen) atoms. The number of benzene rings is 7. The highest BCUT2D eigenvalue weighted by Gasteiger charge is 2.22. The van der Waals surface area contributed by atoms with E-state index in [4.69, 9.17) is 31.4 Å². The molecule has 0 saturated heterocycles. The lowest BCUT2D eigenvalue weighted by Gasteiger charge is -2.22. The minimum Gasteiger partial charge on any atom is -0.308 e. The molecule has 11 aromatic rings. The summed E-state index contributed by atoms with van der Waals surface area (Å²) in [5, 5.41) is 5.96. The predicted octanol–water partition coefficient (Wildman–Crippen LogP) is 13.2. The van der Waals surface area contributed by atoms with E-state index in [0.717, 1.165) is 54.4 Å². The van der Waals surface area contributed by atoms with E-state index in [1.54, 1.807) is 16.7 Å². The molecule has 0 radical (unpaired) electrons. The standard InChI is InChI=1S/C51H37N5/c1-2-14-32(15-3-1)33-16-12-17-35(30-33)49-52-50(54-51(53-49)56-45-26-10-6-19-37(45)38-20-7-11-27-46(38)56)42-22-5-4-18-36(42)34-28-29-47-43(31-34)41-24-13-23-40-39-21-8-9-25-44(39)55(47)48(40)41/h4-13,16-32H,1-3,14-15H2/i1D2,2D2,3D2,12D,14D2,15D2,16D,17D,30D,32D. The third kappa shape index (κ3) is 4.70. The number of hydrogen-bond donors (Lipinski definition) is 0. The molecule has 1 aliphatic carbocycles. The average molecular weight is 735 g/mol. The van der Waals surface area contributed by atoms with Crippen LogP contribution in [0.15, 0.2) is 158 Å². The summed E-state index contributed by atoms with van der Waals surface area (Å²) >= 11 is 0. The van der Waals surface area contributed by atoms with E-state index in [2.05, 4.69) is 40.8 Å². The molecule has 7 aromatic carbocycles. The van der Waals surface area contributed by atoms with Crippen LogP contribution in [0.2, 0.25) is 0 Å². The minimum atomic E-state index is -4.01. The molecule has 12 rings (SSSR count). The van der Waals surface area contributed by atoms with E-state index in [0.29, 0.717) is 22.2 Å². The van der Waals surface area contributed by atoms with E-state index in [1.165, 1.54) is 0 Å². The van der Waals surface area contributed by atoms with Crippen LogP contribution in [0.1, 0.15) is 63.9 Å². The van der Waals surface area contributed by atoms with E-state index < -0.39 is 78.9 Å². The molecule has 1 aliphatic rings. The molecule has 0 N–H and O–H groups in total. The fourth-order valence-corrected chi connectivity index (χ4v) is 8.32. The maximum absolute atomic E-state index is 9.68.